The number of hydrogen-bond donors (Lipinski definition) is 2. The molecule has 0 spiro atoms. The molecule has 2 N–H and O–H groups in total. The van der Waals surface area contributed by atoms with E-state index in [9.17, 15) is 5.11 Å². The molecule has 2 atom stereocenters. The minimum Gasteiger partial charge on any atom is -0.391 e. The number of benzene rings is 4. The number of fused-ring (bicyclic) bond motifs is 1. The smallest absolute Gasteiger partial charge is 0.0775 e. The minimum absolute atomic E-state index is 0.0566. The maximum atomic E-state index is 11.1. The van der Waals surface area contributed by atoms with Crippen LogP contribution in [0.4, 0.5) is 5.69 Å². The third-order valence-electron chi connectivity index (χ3n) is 9.24. The highest BCUT2D eigenvalue weighted by molar-refractivity contribution is 5.55. The summed E-state index contributed by atoms with van der Waals surface area (Å²) >= 11 is 0. The first kappa shape index (κ1) is 32.0. The fraction of sp³-hybridized carbons (Fsp3) is 0.415. The molecule has 0 amide bonds. The third-order valence-corrected chi connectivity index (χ3v) is 9.24. The number of aliphatic hydroxyl groups is 1. The molecule has 4 aromatic rings. The van der Waals surface area contributed by atoms with Gasteiger partial charge in [0.1, 0.15) is 0 Å². The first-order valence-corrected chi connectivity index (χ1v) is 16.5. The van der Waals surface area contributed by atoms with Gasteiger partial charge in [0, 0.05) is 25.2 Å². The first-order chi connectivity index (χ1) is 20.9. The van der Waals surface area contributed by atoms with Gasteiger partial charge in [0.15, 0.2) is 0 Å². The van der Waals surface area contributed by atoms with Crippen LogP contribution in [0.2, 0.25) is 0 Å². The Balaban J connectivity index is 1.38. The Bertz CT molecular complexity index is 1450. The van der Waals surface area contributed by atoms with Crippen LogP contribution in [0.1, 0.15) is 99.0 Å². The predicted molar refractivity (Wildman–Crippen MR) is 187 cm³/mol. The van der Waals surface area contributed by atoms with E-state index in [4.69, 9.17) is 0 Å². The van der Waals surface area contributed by atoms with E-state index in [0.717, 1.165) is 32.5 Å². The number of aliphatic hydroxyl groups excluding tert-OH is 1. The molecule has 232 valence electrons. The monoisotopic (exact) mass is 588 g/mol. The molecule has 0 unspecified atom stereocenters. The Morgan fingerprint density at radius 1 is 0.682 bits per heavy atom. The predicted octanol–water partition coefficient (Wildman–Crippen LogP) is 8.84. The summed E-state index contributed by atoms with van der Waals surface area (Å²) in [5, 5.41) is 14.8. The van der Waals surface area contributed by atoms with Gasteiger partial charge in [0.05, 0.1) is 12.1 Å². The van der Waals surface area contributed by atoms with Gasteiger partial charge in [-0.1, -0.05) is 127 Å². The second-order valence-electron chi connectivity index (χ2n) is 14.8. The third kappa shape index (κ3) is 7.81. The number of nitrogens with zero attached hydrogens (tertiary/aromatic N) is 1. The average Bonchev–Trinajstić information content (AvgIpc) is 3.31. The van der Waals surface area contributed by atoms with Crippen molar-refractivity contribution in [2.75, 3.05) is 11.4 Å². The van der Waals surface area contributed by atoms with E-state index in [1.54, 1.807) is 0 Å². The zero-order valence-corrected chi connectivity index (χ0v) is 28.0. The number of nitrogens with one attached hydrogen (secondary N) is 1. The van der Waals surface area contributed by atoms with Crippen LogP contribution in [0.15, 0.2) is 91.0 Å². The average molecular weight is 589 g/mol. The van der Waals surface area contributed by atoms with Gasteiger partial charge in [-0.3, -0.25) is 0 Å². The van der Waals surface area contributed by atoms with Gasteiger partial charge in [0.2, 0.25) is 0 Å². The van der Waals surface area contributed by atoms with Gasteiger partial charge in [-0.15, -0.1) is 0 Å². The summed E-state index contributed by atoms with van der Waals surface area (Å²) in [5.74, 6) is 0. The first-order valence-electron chi connectivity index (χ1n) is 16.5. The van der Waals surface area contributed by atoms with Crippen molar-refractivity contribution in [1.29, 1.82) is 0 Å². The van der Waals surface area contributed by atoms with Gasteiger partial charge >= 0.3 is 0 Å². The Kier molecular flexibility index (Phi) is 9.68. The van der Waals surface area contributed by atoms with E-state index in [0.29, 0.717) is 6.42 Å². The standard InChI is InChI=1S/C41H52N2O/c1-8-29-9-11-30(12-10-29)23-24-42-39-37-26-36(22-17-33(37)25-38(39)44)43(27-31-13-18-34(19-14-31)40(2,3)4)28-32-15-20-35(21-16-32)41(5,6)7/h9-22,26,38-39,42,44H,8,23-25,27-28H2,1-7H3/t38-,39-/m1/s1. The maximum absolute atomic E-state index is 11.1. The molecule has 1 aliphatic rings. The van der Waals surface area contributed by atoms with Crippen molar-refractivity contribution in [2.45, 2.75) is 104 Å². The fourth-order valence-electron chi connectivity index (χ4n) is 6.26. The summed E-state index contributed by atoms with van der Waals surface area (Å²) in [6, 6.07) is 33.9. The molecule has 5 rings (SSSR count). The van der Waals surface area contributed by atoms with Crippen molar-refractivity contribution in [2.24, 2.45) is 0 Å². The molecule has 0 fully saturated rings. The highest BCUT2D eigenvalue weighted by Gasteiger charge is 2.31. The van der Waals surface area contributed by atoms with Gasteiger partial charge < -0.3 is 15.3 Å². The van der Waals surface area contributed by atoms with Crippen LogP contribution in [-0.4, -0.2) is 17.8 Å². The van der Waals surface area contributed by atoms with Crippen LogP contribution in [0.25, 0.3) is 0 Å². The summed E-state index contributed by atoms with van der Waals surface area (Å²) in [6.45, 7) is 18.3. The molecule has 0 aromatic heterocycles. The van der Waals surface area contributed by atoms with Crippen LogP contribution in [0.3, 0.4) is 0 Å². The van der Waals surface area contributed by atoms with Gasteiger partial charge in [0.25, 0.3) is 0 Å². The molecule has 44 heavy (non-hydrogen) atoms. The van der Waals surface area contributed by atoms with Gasteiger partial charge in [-0.2, -0.15) is 0 Å². The van der Waals surface area contributed by atoms with Crippen LogP contribution >= 0.6 is 0 Å². The van der Waals surface area contributed by atoms with Crippen molar-refractivity contribution in [3.8, 4) is 0 Å². The summed E-state index contributed by atoms with van der Waals surface area (Å²) in [4.78, 5) is 2.48. The largest absolute Gasteiger partial charge is 0.391 e. The molecule has 0 bridgehead atoms. The summed E-state index contributed by atoms with van der Waals surface area (Å²) in [5.41, 5.74) is 11.9. The molecule has 1 aliphatic carbocycles. The second kappa shape index (κ2) is 13.3. The van der Waals surface area contributed by atoms with Crippen molar-refractivity contribution < 1.29 is 5.11 Å². The van der Waals surface area contributed by atoms with Crippen molar-refractivity contribution >= 4 is 5.69 Å². The topological polar surface area (TPSA) is 35.5 Å². The Labute approximate surface area is 266 Å². The van der Waals surface area contributed by atoms with Crippen molar-refractivity contribution in [1.82, 2.24) is 5.32 Å². The second-order valence-corrected chi connectivity index (χ2v) is 14.8. The number of hydrogen-bond acceptors (Lipinski definition) is 3. The summed E-state index contributed by atoms with van der Waals surface area (Å²) in [7, 11) is 0. The van der Waals surface area contributed by atoms with Gasteiger partial charge in [-0.05, 0) is 86.9 Å². The molecule has 0 aliphatic heterocycles. The molecule has 0 saturated carbocycles. The van der Waals surface area contributed by atoms with E-state index in [1.165, 1.54) is 50.2 Å². The van der Waals surface area contributed by atoms with E-state index in [1.807, 2.05) is 0 Å². The van der Waals surface area contributed by atoms with Crippen LogP contribution in [0.5, 0.6) is 0 Å². The normalized spacial score (nSPS) is 16.6. The molecule has 0 saturated heterocycles. The van der Waals surface area contributed by atoms with E-state index >= 15 is 0 Å². The molecule has 0 radical (unpaired) electrons. The lowest BCUT2D eigenvalue weighted by Crippen LogP contribution is -2.30. The van der Waals surface area contributed by atoms with E-state index in [-0.39, 0.29) is 16.9 Å². The van der Waals surface area contributed by atoms with Gasteiger partial charge in [-0.25, -0.2) is 0 Å². The molecule has 3 heteroatoms. The van der Waals surface area contributed by atoms with Crippen molar-refractivity contribution in [3.05, 3.63) is 136 Å². The quantitative estimate of drug-likeness (QED) is 0.194. The lowest BCUT2D eigenvalue weighted by atomic mass is 9.86. The zero-order chi connectivity index (χ0) is 31.5. The number of rotatable bonds is 10. The maximum Gasteiger partial charge on any atom is 0.0775 e. The Morgan fingerprint density at radius 2 is 1.18 bits per heavy atom. The Hall–Kier alpha value is -3.40. The Morgan fingerprint density at radius 3 is 1.68 bits per heavy atom. The molecular weight excluding hydrogens is 536 g/mol. The molecular formula is C41H52N2O. The molecule has 0 heterocycles. The fourth-order valence-corrected chi connectivity index (χ4v) is 6.26. The van der Waals surface area contributed by atoms with Crippen molar-refractivity contribution in [3.63, 3.8) is 0 Å². The summed E-state index contributed by atoms with van der Waals surface area (Å²) in [6.07, 6.45) is 2.30. The summed E-state index contributed by atoms with van der Waals surface area (Å²) < 4.78 is 0. The highest BCUT2D eigenvalue weighted by Crippen LogP contribution is 2.36. The zero-order valence-electron chi connectivity index (χ0n) is 28.0. The SMILES string of the molecule is CCc1ccc(CCN[C@@H]2c3cc(N(Cc4ccc(C(C)(C)C)cc4)Cc4ccc(C(C)(C)C)cc4)ccc3C[C@H]2O)cc1. The number of anilines is 1. The number of aryl methyl sites for hydroxylation is 1. The lowest BCUT2D eigenvalue weighted by Gasteiger charge is -2.28. The van der Waals surface area contributed by atoms with Crippen LogP contribution in [-0.2, 0) is 43.2 Å². The van der Waals surface area contributed by atoms with E-state index in [2.05, 4.69) is 150 Å². The molecule has 3 nitrogen and oxygen atoms in total. The highest BCUT2D eigenvalue weighted by atomic mass is 16.3. The minimum atomic E-state index is -0.411. The molecule has 4 aromatic carbocycles. The van der Waals surface area contributed by atoms with Crippen LogP contribution in [0, 0.1) is 0 Å². The van der Waals surface area contributed by atoms with Crippen LogP contribution < -0.4 is 10.2 Å². The lowest BCUT2D eigenvalue weighted by molar-refractivity contribution is 0.142. The van der Waals surface area contributed by atoms with E-state index < -0.39 is 6.10 Å².